The maximum Gasteiger partial charge on any atom is 0.0493 e. The predicted molar refractivity (Wildman–Crippen MR) is 67.9 cm³/mol. The molecule has 0 aromatic rings. The molecule has 1 aliphatic heterocycles. The van der Waals surface area contributed by atoms with Crippen LogP contribution in [0.2, 0.25) is 0 Å². The molecule has 2 saturated carbocycles. The Balaban J connectivity index is 1.54. The van der Waals surface area contributed by atoms with Crippen molar-refractivity contribution in [3.8, 4) is 0 Å². The van der Waals surface area contributed by atoms with Gasteiger partial charge in [-0.3, -0.25) is 0 Å². The minimum Gasteiger partial charge on any atom is -0.159 e. The van der Waals surface area contributed by atoms with Gasteiger partial charge in [0, 0.05) is 17.8 Å². The molecule has 3 rings (SSSR count). The molecule has 0 saturated heterocycles. The van der Waals surface area contributed by atoms with E-state index in [9.17, 15) is 0 Å². The van der Waals surface area contributed by atoms with Gasteiger partial charge in [0.05, 0.1) is 0 Å². The van der Waals surface area contributed by atoms with Gasteiger partial charge < -0.3 is 0 Å². The first kappa shape index (κ1) is 10.2. The van der Waals surface area contributed by atoms with E-state index in [2.05, 4.69) is 22.9 Å². The second-order valence-corrected chi connectivity index (χ2v) is 5.48. The topological polar surface area (TPSA) is 24.7 Å². The zero-order valence-electron chi connectivity index (χ0n) is 9.86. The molecule has 16 heavy (non-hydrogen) atoms. The Kier molecular flexibility index (Phi) is 2.66. The zero-order chi connectivity index (χ0) is 11.0. The summed E-state index contributed by atoms with van der Waals surface area (Å²) in [7, 11) is 0. The van der Waals surface area contributed by atoms with Gasteiger partial charge in [0.2, 0.25) is 0 Å². The van der Waals surface area contributed by atoms with Crippen molar-refractivity contribution in [2.45, 2.75) is 44.9 Å². The van der Waals surface area contributed by atoms with Crippen LogP contribution in [0.1, 0.15) is 44.9 Å². The van der Waals surface area contributed by atoms with Crippen molar-refractivity contribution in [2.24, 2.45) is 28.0 Å². The molecule has 2 nitrogen and oxygen atoms in total. The summed E-state index contributed by atoms with van der Waals surface area (Å²) in [6, 6.07) is 0. The van der Waals surface area contributed by atoms with Gasteiger partial charge in [-0.05, 0) is 56.3 Å². The van der Waals surface area contributed by atoms with Crippen LogP contribution in [-0.2, 0) is 0 Å². The van der Waals surface area contributed by atoms with Crippen LogP contribution in [-0.4, -0.2) is 11.4 Å². The van der Waals surface area contributed by atoms with Crippen LogP contribution in [0.5, 0.6) is 0 Å². The monoisotopic (exact) mass is 216 g/mol. The molecule has 0 radical (unpaired) electrons. The highest BCUT2D eigenvalue weighted by atomic mass is 15.2. The standard InChI is InChI=1S/C14H20N2/c1-2-10-3-5-11(6-4-10)13-9-14(16-15-13)12-7-8-12/h2,10-12H,1,3-9H2. The third-order valence-corrected chi connectivity index (χ3v) is 4.29. The first-order chi connectivity index (χ1) is 7.86. The van der Waals surface area contributed by atoms with Gasteiger partial charge in [-0.15, -0.1) is 6.58 Å². The Labute approximate surface area is 97.5 Å². The van der Waals surface area contributed by atoms with Crippen LogP contribution in [0.15, 0.2) is 22.9 Å². The Morgan fingerprint density at radius 1 is 0.875 bits per heavy atom. The summed E-state index contributed by atoms with van der Waals surface area (Å²) in [5, 5.41) is 8.81. The van der Waals surface area contributed by atoms with E-state index in [4.69, 9.17) is 0 Å². The molecule has 0 spiro atoms. The fraction of sp³-hybridized carbons (Fsp3) is 0.714. The van der Waals surface area contributed by atoms with Crippen molar-refractivity contribution in [2.75, 3.05) is 0 Å². The number of nitrogens with zero attached hydrogens (tertiary/aromatic N) is 2. The van der Waals surface area contributed by atoms with Gasteiger partial charge >= 0.3 is 0 Å². The number of hydrogen-bond acceptors (Lipinski definition) is 2. The largest absolute Gasteiger partial charge is 0.159 e. The zero-order valence-corrected chi connectivity index (χ0v) is 9.86. The van der Waals surface area contributed by atoms with Gasteiger partial charge in [0.15, 0.2) is 0 Å². The van der Waals surface area contributed by atoms with E-state index in [0.29, 0.717) is 0 Å². The summed E-state index contributed by atoms with van der Waals surface area (Å²) in [4.78, 5) is 0. The summed E-state index contributed by atoms with van der Waals surface area (Å²) >= 11 is 0. The van der Waals surface area contributed by atoms with Crippen molar-refractivity contribution in [3.63, 3.8) is 0 Å². The van der Waals surface area contributed by atoms with Crippen molar-refractivity contribution >= 4 is 11.4 Å². The van der Waals surface area contributed by atoms with Crippen LogP contribution >= 0.6 is 0 Å². The fourth-order valence-electron chi connectivity index (χ4n) is 2.94. The molecule has 3 aliphatic rings. The lowest BCUT2D eigenvalue weighted by molar-refractivity contribution is 0.370. The molecule has 0 aromatic heterocycles. The van der Waals surface area contributed by atoms with E-state index in [0.717, 1.165) is 24.2 Å². The molecule has 0 atom stereocenters. The van der Waals surface area contributed by atoms with Crippen LogP contribution in [0.4, 0.5) is 0 Å². The van der Waals surface area contributed by atoms with Gasteiger partial charge in [0.1, 0.15) is 0 Å². The minimum atomic E-state index is 0.719. The second kappa shape index (κ2) is 4.15. The Morgan fingerprint density at radius 3 is 1.81 bits per heavy atom. The quantitative estimate of drug-likeness (QED) is 0.644. The normalized spacial score (nSPS) is 34.5. The molecule has 2 heteroatoms. The van der Waals surface area contributed by atoms with Crippen molar-refractivity contribution in [1.29, 1.82) is 0 Å². The SMILES string of the molecule is C=CC1CCC(C2=NN=C(C3CC3)C2)CC1. The highest BCUT2D eigenvalue weighted by Gasteiger charge is 2.33. The third kappa shape index (κ3) is 1.98. The fourth-order valence-corrected chi connectivity index (χ4v) is 2.94. The Morgan fingerprint density at radius 2 is 1.38 bits per heavy atom. The van der Waals surface area contributed by atoms with Crippen molar-refractivity contribution in [3.05, 3.63) is 12.7 Å². The molecule has 1 heterocycles. The van der Waals surface area contributed by atoms with Gasteiger partial charge in [-0.2, -0.15) is 10.2 Å². The highest BCUT2D eigenvalue weighted by Crippen LogP contribution is 2.37. The van der Waals surface area contributed by atoms with Gasteiger partial charge in [0.25, 0.3) is 0 Å². The summed E-state index contributed by atoms with van der Waals surface area (Å²) < 4.78 is 0. The summed E-state index contributed by atoms with van der Waals surface area (Å²) in [5.74, 6) is 2.27. The smallest absolute Gasteiger partial charge is 0.0493 e. The summed E-state index contributed by atoms with van der Waals surface area (Å²) in [6.45, 7) is 3.90. The summed E-state index contributed by atoms with van der Waals surface area (Å²) in [5.41, 5.74) is 2.75. The average Bonchev–Trinajstić information content (AvgIpc) is 3.08. The lowest BCUT2D eigenvalue weighted by Crippen LogP contribution is -2.21. The summed E-state index contributed by atoms with van der Waals surface area (Å²) in [6.07, 6.45) is 11.1. The lowest BCUT2D eigenvalue weighted by atomic mass is 9.79. The van der Waals surface area contributed by atoms with Crippen LogP contribution in [0.25, 0.3) is 0 Å². The number of rotatable bonds is 3. The van der Waals surface area contributed by atoms with E-state index >= 15 is 0 Å². The molecule has 0 aromatic carbocycles. The van der Waals surface area contributed by atoms with Crippen LogP contribution in [0.3, 0.4) is 0 Å². The first-order valence-electron chi connectivity index (χ1n) is 6.62. The maximum atomic E-state index is 4.43. The average molecular weight is 216 g/mol. The van der Waals surface area contributed by atoms with E-state index in [-0.39, 0.29) is 0 Å². The molecular weight excluding hydrogens is 196 g/mol. The van der Waals surface area contributed by atoms with Crippen LogP contribution < -0.4 is 0 Å². The molecule has 86 valence electrons. The maximum absolute atomic E-state index is 4.43. The Hall–Kier alpha value is -0.920. The predicted octanol–water partition coefficient (Wildman–Crippen LogP) is 3.59. The molecular formula is C14H20N2. The van der Waals surface area contributed by atoms with Gasteiger partial charge in [-0.1, -0.05) is 6.08 Å². The number of hydrogen-bond donors (Lipinski definition) is 0. The first-order valence-corrected chi connectivity index (χ1v) is 6.62. The van der Waals surface area contributed by atoms with E-state index in [1.165, 1.54) is 49.9 Å². The molecule has 2 aliphatic carbocycles. The minimum absolute atomic E-state index is 0.719. The Bertz CT molecular complexity index is 342. The highest BCUT2D eigenvalue weighted by molar-refractivity contribution is 6.09. The van der Waals surface area contributed by atoms with E-state index in [1.54, 1.807) is 0 Å². The third-order valence-electron chi connectivity index (χ3n) is 4.29. The molecule has 0 bridgehead atoms. The van der Waals surface area contributed by atoms with E-state index < -0.39 is 0 Å². The second-order valence-electron chi connectivity index (χ2n) is 5.48. The van der Waals surface area contributed by atoms with Crippen molar-refractivity contribution < 1.29 is 0 Å². The molecule has 0 amide bonds. The lowest BCUT2D eigenvalue weighted by Gasteiger charge is -2.26. The molecule has 2 fully saturated rings. The number of allylic oxidation sites excluding steroid dienone is 1. The van der Waals surface area contributed by atoms with Crippen molar-refractivity contribution in [1.82, 2.24) is 0 Å². The van der Waals surface area contributed by atoms with Gasteiger partial charge in [-0.25, -0.2) is 0 Å². The van der Waals surface area contributed by atoms with Crippen LogP contribution in [0, 0.1) is 17.8 Å². The molecule has 0 unspecified atom stereocenters. The van der Waals surface area contributed by atoms with E-state index in [1.807, 2.05) is 0 Å². The molecule has 0 N–H and O–H groups in total.